The Morgan fingerprint density at radius 2 is 2.17 bits per heavy atom. The van der Waals surface area contributed by atoms with Crippen molar-refractivity contribution in [3.63, 3.8) is 0 Å². The topological polar surface area (TPSA) is 91.7 Å². The smallest absolute Gasteiger partial charge is 0.220 e. The van der Waals surface area contributed by atoms with Gasteiger partial charge in [-0.1, -0.05) is 6.07 Å². The zero-order valence-electron chi connectivity index (χ0n) is 12.9. The molecule has 4 rings (SSSR count). The van der Waals surface area contributed by atoms with Gasteiger partial charge in [0.15, 0.2) is 0 Å². The molecule has 116 valence electrons. The average Bonchev–Trinajstić information content (AvgIpc) is 2.92. The van der Waals surface area contributed by atoms with Crippen LogP contribution >= 0.6 is 0 Å². The lowest BCUT2D eigenvalue weighted by Gasteiger charge is -2.41. The summed E-state index contributed by atoms with van der Waals surface area (Å²) in [6, 6.07) is 7.72. The molecule has 2 aromatic heterocycles. The number of fused-ring (bicyclic) bond motifs is 2. The normalized spacial score (nSPS) is 22.8. The minimum atomic E-state index is 0.0367. The highest BCUT2D eigenvalue weighted by atomic mass is 15.2. The van der Waals surface area contributed by atoms with Gasteiger partial charge in [-0.3, -0.25) is 0 Å². The van der Waals surface area contributed by atoms with Crippen molar-refractivity contribution in [1.82, 2.24) is 15.0 Å². The van der Waals surface area contributed by atoms with Gasteiger partial charge in [-0.25, -0.2) is 15.0 Å². The molecule has 1 aliphatic carbocycles. The van der Waals surface area contributed by atoms with Crippen LogP contribution in [0.3, 0.4) is 0 Å². The summed E-state index contributed by atoms with van der Waals surface area (Å²) in [4.78, 5) is 15.4. The first-order chi connectivity index (χ1) is 11.2. The van der Waals surface area contributed by atoms with E-state index in [4.69, 9.17) is 11.0 Å². The van der Waals surface area contributed by atoms with Gasteiger partial charge in [-0.2, -0.15) is 5.26 Å². The summed E-state index contributed by atoms with van der Waals surface area (Å²) < 4.78 is 0. The van der Waals surface area contributed by atoms with E-state index in [-0.39, 0.29) is 5.41 Å². The predicted octanol–water partition coefficient (Wildman–Crippen LogP) is 1.81. The van der Waals surface area contributed by atoms with E-state index in [0.717, 1.165) is 50.3 Å². The Bertz CT molecular complexity index is 792. The number of nitrogen functional groups attached to an aromatic ring is 1. The first-order valence-electron chi connectivity index (χ1n) is 7.94. The molecule has 6 heteroatoms. The number of rotatable bonds is 1. The van der Waals surface area contributed by atoms with Gasteiger partial charge < -0.3 is 10.6 Å². The molecule has 1 aliphatic heterocycles. The number of aryl methyl sites for hydroxylation is 1. The van der Waals surface area contributed by atoms with Crippen LogP contribution in [0.25, 0.3) is 0 Å². The van der Waals surface area contributed by atoms with Gasteiger partial charge in [0.1, 0.15) is 17.6 Å². The number of aromatic nitrogens is 3. The number of nitriles is 1. The second-order valence-corrected chi connectivity index (χ2v) is 6.40. The van der Waals surface area contributed by atoms with E-state index >= 15 is 0 Å². The van der Waals surface area contributed by atoms with E-state index < -0.39 is 0 Å². The molecule has 2 aromatic rings. The molecule has 2 N–H and O–H groups in total. The molecule has 0 bridgehead atoms. The monoisotopic (exact) mass is 306 g/mol. The highest BCUT2D eigenvalue weighted by Crippen LogP contribution is 2.44. The van der Waals surface area contributed by atoms with Gasteiger partial charge >= 0.3 is 0 Å². The maximum absolute atomic E-state index is 9.06. The third-order valence-corrected chi connectivity index (χ3v) is 5.01. The maximum Gasteiger partial charge on any atom is 0.220 e. The van der Waals surface area contributed by atoms with Gasteiger partial charge in [0, 0.05) is 24.7 Å². The second-order valence-electron chi connectivity index (χ2n) is 6.40. The van der Waals surface area contributed by atoms with Crippen LogP contribution in [0, 0.1) is 11.3 Å². The van der Waals surface area contributed by atoms with Gasteiger partial charge in [0.05, 0.1) is 5.69 Å². The third-order valence-electron chi connectivity index (χ3n) is 5.01. The van der Waals surface area contributed by atoms with Crippen molar-refractivity contribution in [2.24, 2.45) is 0 Å². The second kappa shape index (κ2) is 5.20. The quantitative estimate of drug-likeness (QED) is 0.864. The SMILES string of the molecule is N#Cc1cccc(N2CCCC3(CCc4cnc(N)nc43)C2)n1. The van der Waals surface area contributed by atoms with Crippen molar-refractivity contribution in [3.05, 3.63) is 41.3 Å². The summed E-state index contributed by atoms with van der Waals surface area (Å²) in [5.74, 6) is 1.23. The van der Waals surface area contributed by atoms with E-state index in [1.54, 1.807) is 6.07 Å². The van der Waals surface area contributed by atoms with E-state index in [9.17, 15) is 0 Å². The molecule has 6 nitrogen and oxygen atoms in total. The van der Waals surface area contributed by atoms with E-state index in [0.29, 0.717) is 11.6 Å². The zero-order chi connectivity index (χ0) is 15.9. The lowest BCUT2D eigenvalue weighted by atomic mass is 9.77. The molecule has 1 saturated heterocycles. The lowest BCUT2D eigenvalue weighted by molar-refractivity contribution is 0.333. The van der Waals surface area contributed by atoms with Crippen LogP contribution in [0.15, 0.2) is 24.4 Å². The predicted molar refractivity (Wildman–Crippen MR) is 86.8 cm³/mol. The maximum atomic E-state index is 9.06. The van der Waals surface area contributed by atoms with Crippen molar-refractivity contribution in [3.8, 4) is 6.07 Å². The van der Waals surface area contributed by atoms with Gasteiger partial charge in [-0.05, 0) is 43.4 Å². The Balaban J connectivity index is 1.69. The molecule has 3 heterocycles. The Morgan fingerprint density at radius 1 is 1.26 bits per heavy atom. The Hall–Kier alpha value is -2.68. The summed E-state index contributed by atoms with van der Waals surface area (Å²) in [6.45, 7) is 1.83. The summed E-state index contributed by atoms with van der Waals surface area (Å²) >= 11 is 0. The number of nitrogens with zero attached hydrogens (tertiary/aromatic N) is 5. The largest absolute Gasteiger partial charge is 0.368 e. The Kier molecular flexibility index (Phi) is 3.15. The molecule has 1 unspecified atom stereocenters. The minimum absolute atomic E-state index is 0.0367. The number of hydrogen-bond acceptors (Lipinski definition) is 6. The molecule has 1 fully saturated rings. The average molecular weight is 306 g/mol. The summed E-state index contributed by atoms with van der Waals surface area (Å²) in [5, 5.41) is 9.06. The molecule has 0 saturated carbocycles. The third kappa shape index (κ3) is 2.29. The van der Waals surface area contributed by atoms with Gasteiger partial charge in [0.2, 0.25) is 5.95 Å². The molecule has 1 spiro atoms. The fraction of sp³-hybridized carbons (Fsp3) is 0.412. The Morgan fingerprint density at radius 3 is 3.04 bits per heavy atom. The highest BCUT2D eigenvalue weighted by Gasteiger charge is 2.44. The standard InChI is InChI=1S/C17H18N6/c18-9-13-3-1-4-14(21-13)23-8-2-6-17(11-23)7-5-12-10-20-16(19)22-15(12)17/h1,3-4,10H,2,5-8,11H2,(H2,19,20,22). The van der Waals surface area contributed by atoms with E-state index in [1.165, 1.54) is 5.56 Å². The summed E-state index contributed by atoms with van der Waals surface area (Å²) in [5.41, 5.74) is 8.65. The van der Waals surface area contributed by atoms with Crippen molar-refractivity contribution in [2.45, 2.75) is 31.1 Å². The van der Waals surface area contributed by atoms with E-state index in [1.807, 2.05) is 18.3 Å². The molecule has 0 aromatic carbocycles. The molecule has 0 radical (unpaired) electrons. The molecular weight excluding hydrogens is 288 g/mol. The lowest BCUT2D eigenvalue weighted by Crippen LogP contribution is -2.46. The molecule has 1 atom stereocenters. The number of anilines is 2. The van der Waals surface area contributed by atoms with Crippen LogP contribution in [0.1, 0.15) is 36.2 Å². The first-order valence-corrected chi connectivity index (χ1v) is 7.94. The number of pyridine rings is 1. The van der Waals surface area contributed by atoms with Gasteiger partial charge in [0.25, 0.3) is 0 Å². The van der Waals surface area contributed by atoms with Crippen LogP contribution in [0.4, 0.5) is 11.8 Å². The number of hydrogen-bond donors (Lipinski definition) is 1. The molecular formula is C17H18N6. The number of piperidine rings is 1. The summed E-state index contributed by atoms with van der Waals surface area (Å²) in [7, 11) is 0. The van der Waals surface area contributed by atoms with E-state index in [2.05, 4.69) is 25.9 Å². The Labute approximate surface area is 135 Å². The number of nitrogens with two attached hydrogens (primary N) is 1. The zero-order valence-corrected chi connectivity index (χ0v) is 12.9. The van der Waals surface area contributed by atoms with Crippen molar-refractivity contribution in [1.29, 1.82) is 5.26 Å². The first kappa shape index (κ1) is 13.9. The van der Waals surface area contributed by atoms with Crippen LogP contribution in [-0.4, -0.2) is 28.0 Å². The van der Waals surface area contributed by atoms with Crippen molar-refractivity contribution >= 4 is 11.8 Å². The van der Waals surface area contributed by atoms with Crippen LogP contribution in [0.2, 0.25) is 0 Å². The van der Waals surface area contributed by atoms with Crippen LogP contribution in [0.5, 0.6) is 0 Å². The molecule has 2 aliphatic rings. The van der Waals surface area contributed by atoms with Crippen LogP contribution < -0.4 is 10.6 Å². The fourth-order valence-electron chi connectivity index (χ4n) is 3.94. The molecule has 23 heavy (non-hydrogen) atoms. The van der Waals surface area contributed by atoms with Crippen molar-refractivity contribution in [2.75, 3.05) is 23.7 Å². The summed E-state index contributed by atoms with van der Waals surface area (Å²) in [6.07, 6.45) is 6.16. The van der Waals surface area contributed by atoms with Crippen molar-refractivity contribution < 1.29 is 0 Å². The minimum Gasteiger partial charge on any atom is -0.368 e. The molecule has 0 amide bonds. The highest BCUT2D eigenvalue weighted by molar-refractivity contribution is 5.46. The fourth-order valence-corrected chi connectivity index (χ4v) is 3.94. The van der Waals surface area contributed by atoms with Gasteiger partial charge in [-0.15, -0.1) is 0 Å². The van der Waals surface area contributed by atoms with Crippen LogP contribution in [-0.2, 0) is 11.8 Å².